The second-order valence-electron chi connectivity index (χ2n) is 2.69. The molecular weight excluding hydrogens is 182 g/mol. The average molecular weight is 193 g/mol. The molecule has 0 aliphatic rings. The summed E-state index contributed by atoms with van der Waals surface area (Å²) in [4.78, 5) is 0. The topological polar surface area (TPSA) is 40.9 Å². The number of nitriles is 1. The molecule has 1 rings (SSSR count). The van der Waals surface area contributed by atoms with Crippen molar-refractivity contribution in [3.63, 3.8) is 0 Å². The summed E-state index contributed by atoms with van der Waals surface area (Å²) in [5.74, 6) is 1.21. The van der Waals surface area contributed by atoms with Gasteiger partial charge < -0.3 is 0 Å². The summed E-state index contributed by atoms with van der Waals surface area (Å²) in [6.07, 6.45) is 0. The minimum Gasteiger partial charge on any atom is -0.259 e. The van der Waals surface area contributed by atoms with Crippen LogP contribution in [0, 0.1) is 11.3 Å². The van der Waals surface area contributed by atoms with Crippen LogP contribution in [0.2, 0.25) is 0 Å². The van der Waals surface area contributed by atoms with Crippen LogP contribution in [-0.2, 0) is 16.6 Å². The maximum atomic E-state index is 11.2. The lowest BCUT2D eigenvalue weighted by molar-refractivity contribution is 0.683. The molecule has 0 fully saturated rings. The van der Waals surface area contributed by atoms with Gasteiger partial charge in [0, 0.05) is 22.3 Å². The minimum absolute atomic E-state index is 0.548. The Bertz CT molecular complexity index is 354. The van der Waals surface area contributed by atoms with Crippen LogP contribution in [0.15, 0.2) is 24.3 Å². The van der Waals surface area contributed by atoms with Gasteiger partial charge in [-0.05, 0) is 17.7 Å². The van der Waals surface area contributed by atoms with Crippen molar-refractivity contribution in [1.29, 1.82) is 5.26 Å². The fraction of sp³-hybridized carbons (Fsp3) is 0.300. The molecule has 0 spiro atoms. The van der Waals surface area contributed by atoms with Gasteiger partial charge in [0.05, 0.1) is 11.6 Å². The Labute approximate surface area is 80.7 Å². The highest BCUT2D eigenvalue weighted by Gasteiger charge is 1.99. The van der Waals surface area contributed by atoms with E-state index in [-0.39, 0.29) is 0 Å². The van der Waals surface area contributed by atoms with Gasteiger partial charge in [-0.2, -0.15) is 5.26 Å². The first-order valence-corrected chi connectivity index (χ1v) is 5.59. The molecule has 0 amide bonds. The first-order chi connectivity index (χ1) is 6.26. The minimum atomic E-state index is -0.798. The SMILES string of the molecule is CCS(=O)Cc1cccc(C#N)c1. The Balaban J connectivity index is 2.79. The first-order valence-electron chi connectivity index (χ1n) is 4.10. The zero-order valence-corrected chi connectivity index (χ0v) is 8.30. The molecule has 1 aromatic carbocycles. The Hall–Kier alpha value is -1.14. The molecule has 0 aromatic heterocycles. The molecule has 2 nitrogen and oxygen atoms in total. The summed E-state index contributed by atoms with van der Waals surface area (Å²) in [5.41, 5.74) is 1.60. The fourth-order valence-electron chi connectivity index (χ4n) is 1.02. The molecule has 1 unspecified atom stereocenters. The summed E-state index contributed by atoms with van der Waals surface area (Å²) in [7, 11) is -0.798. The number of nitrogens with zero attached hydrogens (tertiary/aromatic N) is 1. The highest BCUT2D eigenvalue weighted by atomic mass is 32.2. The van der Waals surface area contributed by atoms with Gasteiger partial charge in [0.1, 0.15) is 0 Å². The van der Waals surface area contributed by atoms with Crippen LogP contribution in [0.5, 0.6) is 0 Å². The highest BCUT2D eigenvalue weighted by Crippen LogP contribution is 2.06. The van der Waals surface area contributed by atoms with Crippen molar-refractivity contribution in [2.24, 2.45) is 0 Å². The number of rotatable bonds is 3. The van der Waals surface area contributed by atoms with Crippen molar-refractivity contribution < 1.29 is 4.21 Å². The van der Waals surface area contributed by atoms with E-state index in [1.54, 1.807) is 12.1 Å². The molecule has 0 bridgehead atoms. The normalized spacial score (nSPS) is 12.0. The van der Waals surface area contributed by atoms with Gasteiger partial charge in [0.25, 0.3) is 0 Å². The van der Waals surface area contributed by atoms with E-state index in [9.17, 15) is 4.21 Å². The second-order valence-corrected chi connectivity index (χ2v) is 4.43. The molecule has 0 saturated carbocycles. The molecule has 0 aliphatic carbocycles. The van der Waals surface area contributed by atoms with E-state index in [4.69, 9.17) is 5.26 Å². The van der Waals surface area contributed by atoms with Crippen LogP contribution in [0.1, 0.15) is 18.1 Å². The van der Waals surface area contributed by atoms with Crippen molar-refractivity contribution in [2.45, 2.75) is 12.7 Å². The summed E-state index contributed by atoms with van der Waals surface area (Å²) < 4.78 is 11.2. The molecular formula is C10H11NOS. The quantitative estimate of drug-likeness (QED) is 0.734. The van der Waals surface area contributed by atoms with E-state index in [0.717, 1.165) is 5.56 Å². The van der Waals surface area contributed by atoms with E-state index in [1.807, 2.05) is 19.1 Å². The maximum Gasteiger partial charge on any atom is 0.0991 e. The van der Waals surface area contributed by atoms with Gasteiger partial charge in [0.15, 0.2) is 0 Å². The van der Waals surface area contributed by atoms with Crippen LogP contribution >= 0.6 is 0 Å². The summed E-state index contributed by atoms with van der Waals surface area (Å²) in [6, 6.07) is 9.31. The van der Waals surface area contributed by atoms with Crippen LogP contribution < -0.4 is 0 Å². The van der Waals surface area contributed by atoms with Crippen molar-refractivity contribution in [1.82, 2.24) is 0 Å². The lowest BCUT2D eigenvalue weighted by Gasteiger charge is -1.99. The Morgan fingerprint density at radius 2 is 2.31 bits per heavy atom. The second kappa shape index (κ2) is 4.78. The average Bonchev–Trinajstić information content (AvgIpc) is 2.18. The van der Waals surface area contributed by atoms with E-state index >= 15 is 0 Å². The number of hydrogen-bond donors (Lipinski definition) is 0. The molecule has 1 aromatic rings. The lowest BCUT2D eigenvalue weighted by atomic mass is 10.2. The molecule has 0 N–H and O–H groups in total. The van der Waals surface area contributed by atoms with E-state index < -0.39 is 10.8 Å². The lowest BCUT2D eigenvalue weighted by Crippen LogP contribution is -1.97. The van der Waals surface area contributed by atoms with Gasteiger partial charge in [0.2, 0.25) is 0 Å². The van der Waals surface area contributed by atoms with Gasteiger partial charge in [-0.25, -0.2) is 0 Å². The summed E-state index contributed by atoms with van der Waals surface area (Å²) in [5, 5.41) is 8.63. The van der Waals surface area contributed by atoms with E-state index in [2.05, 4.69) is 6.07 Å². The number of benzene rings is 1. The van der Waals surface area contributed by atoms with Crippen LogP contribution in [-0.4, -0.2) is 9.96 Å². The van der Waals surface area contributed by atoms with Crippen LogP contribution in [0.3, 0.4) is 0 Å². The van der Waals surface area contributed by atoms with Crippen molar-refractivity contribution in [3.05, 3.63) is 35.4 Å². The molecule has 0 aliphatic heterocycles. The van der Waals surface area contributed by atoms with Gasteiger partial charge in [-0.15, -0.1) is 0 Å². The smallest absolute Gasteiger partial charge is 0.0991 e. The van der Waals surface area contributed by atoms with Gasteiger partial charge >= 0.3 is 0 Å². The third-order valence-electron chi connectivity index (χ3n) is 1.71. The van der Waals surface area contributed by atoms with E-state index in [0.29, 0.717) is 17.1 Å². The van der Waals surface area contributed by atoms with Gasteiger partial charge in [-0.3, -0.25) is 4.21 Å². The predicted molar refractivity (Wildman–Crippen MR) is 53.5 cm³/mol. The molecule has 13 heavy (non-hydrogen) atoms. The van der Waals surface area contributed by atoms with Gasteiger partial charge in [-0.1, -0.05) is 19.1 Å². The highest BCUT2D eigenvalue weighted by molar-refractivity contribution is 7.84. The summed E-state index contributed by atoms with van der Waals surface area (Å²) >= 11 is 0. The maximum absolute atomic E-state index is 11.2. The standard InChI is InChI=1S/C10H11NOS/c1-2-13(12)8-10-5-3-4-9(6-10)7-11/h3-6H,2,8H2,1H3. The Morgan fingerprint density at radius 1 is 1.54 bits per heavy atom. The van der Waals surface area contributed by atoms with Crippen LogP contribution in [0.4, 0.5) is 0 Å². The predicted octanol–water partition coefficient (Wildman–Crippen LogP) is 1.83. The largest absolute Gasteiger partial charge is 0.259 e. The zero-order valence-electron chi connectivity index (χ0n) is 7.49. The Morgan fingerprint density at radius 3 is 2.92 bits per heavy atom. The van der Waals surface area contributed by atoms with Crippen molar-refractivity contribution in [3.8, 4) is 6.07 Å². The number of hydrogen-bond acceptors (Lipinski definition) is 2. The molecule has 68 valence electrons. The van der Waals surface area contributed by atoms with Crippen molar-refractivity contribution >= 4 is 10.8 Å². The zero-order chi connectivity index (χ0) is 9.68. The fourth-order valence-corrected chi connectivity index (χ4v) is 1.77. The van der Waals surface area contributed by atoms with Crippen LogP contribution in [0.25, 0.3) is 0 Å². The molecule has 1 atom stereocenters. The third kappa shape index (κ3) is 3.00. The first kappa shape index (κ1) is 9.94. The third-order valence-corrected chi connectivity index (χ3v) is 3.00. The molecule has 0 radical (unpaired) electrons. The Kier molecular flexibility index (Phi) is 3.66. The molecule has 3 heteroatoms. The summed E-state index contributed by atoms with van der Waals surface area (Å²) in [6.45, 7) is 1.89. The molecule has 0 saturated heterocycles. The van der Waals surface area contributed by atoms with Crippen molar-refractivity contribution in [2.75, 3.05) is 5.75 Å². The van der Waals surface area contributed by atoms with E-state index in [1.165, 1.54) is 0 Å². The molecule has 0 heterocycles. The monoisotopic (exact) mass is 193 g/mol.